The minimum Gasteiger partial charge on any atom is -0.341 e. The Labute approximate surface area is 104 Å². The summed E-state index contributed by atoms with van der Waals surface area (Å²) in [7, 11) is 0. The Morgan fingerprint density at radius 1 is 1.33 bits per heavy atom. The van der Waals surface area contributed by atoms with E-state index in [1.807, 2.05) is 0 Å². The maximum Gasteiger partial charge on any atom is 0.522 e. The van der Waals surface area contributed by atoms with Crippen molar-refractivity contribution in [2.45, 2.75) is 38.6 Å². The van der Waals surface area contributed by atoms with Gasteiger partial charge in [0.05, 0.1) is 12.6 Å². The van der Waals surface area contributed by atoms with Crippen molar-refractivity contribution in [1.29, 1.82) is 0 Å². The first-order valence-electron chi connectivity index (χ1n) is 6.13. The van der Waals surface area contributed by atoms with Gasteiger partial charge in [-0.05, 0) is 26.2 Å². The van der Waals surface area contributed by atoms with Crippen LogP contribution in [0.15, 0.2) is 0 Å². The fourth-order valence-electron chi connectivity index (χ4n) is 1.92. The smallest absolute Gasteiger partial charge is 0.341 e. The van der Waals surface area contributed by atoms with Crippen LogP contribution in [0.1, 0.15) is 26.2 Å². The zero-order chi connectivity index (χ0) is 13.6. The number of carbonyl (C=O) groups is 1. The molecule has 106 valence electrons. The van der Waals surface area contributed by atoms with Crippen LogP contribution in [0.4, 0.5) is 13.2 Å². The van der Waals surface area contributed by atoms with E-state index in [-0.39, 0.29) is 12.5 Å². The van der Waals surface area contributed by atoms with Crippen LogP contribution in [0, 0.1) is 0 Å². The molecule has 0 aromatic carbocycles. The molecule has 1 heterocycles. The van der Waals surface area contributed by atoms with Gasteiger partial charge in [-0.2, -0.15) is 0 Å². The average molecular weight is 268 g/mol. The highest BCUT2D eigenvalue weighted by molar-refractivity contribution is 5.81. The van der Waals surface area contributed by atoms with E-state index in [0.29, 0.717) is 0 Å². The number of alkyl halides is 3. The topological polar surface area (TPSA) is 41.6 Å². The summed E-state index contributed by atoms with van der Waals surface area (Å²) in [5, 5.41) is 2.74. The molecule has 1 aliphatic heterocycles. The molecule has 1 fully saturated rings. The quantitative estimate of drug-likeness (QED) is 0.769. The first-order valence-corrected chi connectivity index (χ1v) is 6.13. The van der Waals surface area contributed by atoms with Gasteiger partial charge in [0.2, 0.25) is 5.91 Å². The molecule has 1 aliphatic rings. The number of hydrogen-bond acceptors (Lipinski definition) is 3. The summed E-state index contributed by atoms with van der Waals surface area (Å²) in [6.07, 6.45) is -1.49. The lowest BCUT2D eigenvalue weighted by Gasteiger charge is -2.29. The van der Waals surface area contributed by atoms with Crippen LogP contribution in [-0.2, 0) is 9.53 Å². The third kappa shape index (κ3) is 5.68. The van der Waals surface area contributed by atoms with E-state index in [1.165, 1.54) is 0 Å². The first kappa shape index (κ1) is 15.2. The Morgan fingerprint density at radius 2 is 1.94 bits per heavy atom. The van der Waals surface area contributed by atoms with Crippen molar-refractivity contribution in [3.05, 3.63) is 0 Å². The SMILES string of the molecule is CC(NCCOC(F)(F)F)C(=O)N1CCCCC1. The molecule has 1 rings (SSSR count). The molecule has 7 heteroatoms. The van der Waals surface area contributed by atoms with Crippen molar-refractivity contribution in [1.82, 2.24) is 10.2 Å². The molecule has 0 aromatic heterocycles. The zero-order valence-electron chi connectivity index (χ0n) is 10.4. The molecule has 1 amide bonds. The van der Waals surface area contributed by atoms with E-state index in [9.17, 15) is 18.0 Å². The number of piperidine rings is 1. The third-order valence-electron chi connectivity index (χ3n) is 2.86. The van der Waals surface area contributed by atoms with Crippen molar-refractivity contribution in [3.8, 4) is 0 Å². The van der Waals surface area contributed by atoms with Gasteiger partial charge in [0, 0.05) is 19.6 Å². The molecule has 0 spiro atoms. The van der Waals surface area contributed by atoms with E-state index >= 15 is 0 Å². The summed E-state index contributed by atoms with van der Waals surface area (Å²) in [5.41, 5.74) is 0. The summed E-state index contributed by atoms with van der Waals surface area (Å²) < 4.78 is 38.7. The molecular weight excluding hydrogens is 249 g/mol. The van der Waals surface area contributed by atoms with Crippen LogP contribution >= 0.6 is 0 Å². The lowest BCUT2D eigenvalue weighted by Crippen LogP contribution is -2.47. The summed E-state index contributed by atoms with van der Waals surface area (Å²) in [6, 6.07) is -0.472. The van der Waals surface area contributed by atoms with Gasteiger partial charge in [-0.3, -0.25) is 9.53 Å². The number of likely N-dealkylation sites (tertiary alicyclic amines) is 1. The standard InChI is InChI=1S/C11H19F3N2O2/c1-9(15-5-8-18-11(12,13)14)10(17)16-6-3-2-4-7-16/h9,15H,2-8H2,1H3. The maximum atomic E-state index is 11.9. The minimum atomic E-state index is -4.61. The molecule has 4 nitrogen and oxygen atoms in total. The second-order valence-electron chi connectivity index (χ2n) is 4.36. The number of halogens is 3. The maximum absolute atomic E-state index is 11.9. The van der Waals surface area contributed by atoms with E-state index in [0.717, 1.165) is 32.4 Å². The number of nitrogens with one attached hydrogen (secondary N) is 1. The Hall–Kier alpha value is -0.820. The molecule has 0 aliphatic carbocycles. The highest BCUT2D eigenvalue weighted by Gasteiger charge is 2.29. The minimum absolute atomic E-state index is 0.000255. The van der Waals surface area contributed by atoms with Crippen LogP contribution in [0.3, 0.4) is 0 Å². The molecule has 0 aromatic rings. The molecule has 1 N–H and O–H groups in total. The second kappa shape index (κ2) is 6.94. The highest BCUT2D eigenvalue weighted by atomic mass is 19.4. The van der Waals surface area contributed by atoms with Crippen molar-refractivity contribution < 1.29 is 22.7 Å². The summed E-state index contributed by atoms with van der Waals surface area (Å²) >= 11 is 0. The number of rotatable bonds is 5. The van der Waals surface area contributed by atoms with Gasteiger partial charge >= 0.3 is 6.36 Å². The van der Waals surface area contributed by atoms with Gasteiger partial charge in [0.15, 0.2) is 0 Å². The average Bonchev–Trinajstić information content (AvgIpc) is 2.33. The number of ether oxygens (including phenoxy) is 1. The molecule has 0 saturated carbocycles. The van der Waals surface area contributed by atoms with Crippen LogP contribution < -0.4 is 5.32 Å². The van der Waals surface area contributed by atoms with Crippen molar-refractivity contribution in [2.24, 2.45) is 0 Å². The van der Waals surface area contributed by atoms with E-state index in [2.05, 4.69) is 10.1 Å². The van der Waals surface area contributed by atoms with Crippen LogP contribution in [-0.4, -0.2) is 49.5 Å². The van der Waals surface area contributed by atoms with E-state index in [1.54, 1.807) is 11.8 Å². The number of carbonyl (C=O) groups excluding carboxylic acids is 1. The van der Waals surface area contributed by atoms with Gasteiger partial charge in [-0.15, -0.1) is 13.2 Å². The fraction of sp³-hybridized carbons (Fsp3) is 0.909. The third-order valence-corrected chi connectivity index (χ3v) is 2.86. The lowest BCUT2D eigenvalue weighted by atomic mass is 10.1. The Bertz CT molecular complexity index is 266. The normalized spacial score (nSPS) is 18.8. The molecule has 1 atom stereocenters. The van der Waals surface area contributed by atoms with Crippen molar-refractivity contribution in [3.63, 3.8) is 0 Å². The molecule has 18 heavy (non-hydrogen) atoms. The number of hydrogen-bond donors (Lipinski definition) is 1. The molecule has 0 bridgehead atoms. The van der Waals surface area contributed by atoms with Gasteiger partial charge < -0.3 is 10.2 Å². The van der Waals surface area contributed by atoms with E-state index in [4.69, 9.17) is 0 Å². The Kier molecular flexibility index (Phi) is 5.87. The molecular formula is C11H19F3N2O2. The molecule has 0 radical (unpaired) electrons. The lowest BCUT2D eigenvalue weighted by molar-refractivity contribution is -0.323. The second-order valence-corrected chi connectivity index (χ2v) is 4.36. The predicted molar refractivity (Wildman–Crippen MR) is 59.9 cm³/mol. The largest absolute Gasteiger partial charge is 0.522 e. The predicted octanol–water partition coefficient (Wildman–Crippen LogP) is 1.51. The number of nitrogens with zero attached hydrogens (tertiary/aromatic N) is 1. The van der Waals surface area contributed by atoms with Gasteiger partial charge in [-0.25, -0.2) is 0 Å². The van der Waals surface area contributed by atoms with Crippen LogP contribution in [0.5, 0.6) is 0 Å². The summed E-state index contributed by atoms with van der Waals surface area (Å²) in [4.78, 5) is 13.6. The van der Waals surface area contributed by atoms with E-state index < -0.39 is 19.0 Å². The monoisotopic (exact) mass is 268 g/mol. The zero-order valence-corrected chi connectivity index (χ0v) is 10.4. The van der Waals surface area contributed by atoms with Crippen molar-refractivity contribution >= 4 is 5.91 Å². The Balaban J connectivity index is 2.19. The fourth-order valence-corrected chi connectivity index (χ4v) is 1.92. The summed E-state index contributed by atoms with van der Waals surface area (Å²) in [6.45, 7) is 2.65. The summed E-state index contributed by atoms with van der Waals surface area (Å²) in [5.74, 6) is -0.0540. The first-order chi connectivity index (χ1) is 8.40. The van der Waals surface area contributed by atoms with Crippen LogP contribution in [0.25, 0.3) is 0 Å². The van der Waals surface area contributed by atoms with Crippen molar-refractivity contribution in [2.75, 3.05) is 26.2 Å². The van der Waals surface area contributed by atoms with Gasteiger partial charge in [0.1, 0.15) is 0 Å². The molecule has 1 saturated heterocycles. The Morgan fingerprint density at radius 3 is 2.50 bits per heavy atom. The van der Waals surface area contributed by atoms with Gasteiger partial charge in [-0.1, -0.05) is 0 Å². The molecule has 1 unspecified atom stereocenters. The number of amides is 1. The van der Waals surface area contributed by atoms with Gasteiger partial charge in [0.25, 0.3) is 0 Å². The van der Waals surface area contributed by atoms with Crippen LogP contribution in [0.2, 0.25) is 0 Å². The highest BCUT2D eigenvalue weighted by Crippen LogP contribution is 2.15.